The summed E-state index contributed by atoms with van der Waals surface area (Å²) in [5.41, 5.74) is 3.73. The van der Waals surface area contributed by atoms with Crippen molar-refractivity contribution in [2.75, 3.05) is 20.2 Å². The van der Waals surface area contributed by atoms with Crippen LogP contribution < -0.4 is 15.5 Å². The van der Waals surface area contributed by atoms with E-state index in [2.05, 4.69) is 22.7 Å². The van der Waals surface area contributed by atoms with Crippen molar-refractivity contribution >= 4 is 22.8 Å². The molecule has 0 bridgehead atoms. The molecule has 1 aromatic carbocycles. The normalized spacial score (nSPS) is 10.5. The number of fused-ring (bicyclic) bond motifs is 1. The Morgan fingerprint density at radius 2 is 2.00 bits per heavy atom. The fourth-order valence-corrected chi connectivity index (χ4v) is 2.39. The quantitative estimate of drug-likeness (QED) is 0.532. The number of ether oxygens (including phenoxy) is 1. The van der Waals surface area contributed by atoms with Crippen LogP contribution in [-0.4, -0.2) is 42.1 Å². The molecule has 1 heterocycles. The Morgan fingerprint density at radius 1 is 1.20 bits per heavy atom. The molecule has 25 heavy (non-hydrogen) atoms. The summed E-state index contributed by atoms with van der Waals surface area (Å²) >= 11 is 0. The zero-order chi connectivity index (χ0) is 18.2. The van der Waals surface area contributed by atoms with Crippen molar-refractivity contribution in [3.63, 3.8) is 0 Å². The summed E-state index contributed by atoms with van der Waals surface area (Å²) in [5, 5.41) is 4.64. The summed E-state index contributed by atoms with van der Waals surface area (Å²) in [4.78, 5) is 27.0. The average molecular weight is 346 g/mol. The number of H-pyrrole nitrogens is 1. The lowest BCUT2D eigenvalue weighted by Crippen LogP contribution is -2.48. The second-order valence-corrected chi connectivity index (χ2v) is 5.82. The summed E-state index contributed by atoms with van der Waals surface area (Å²) in [6.45, 7) is 5.14. The molecule has 0 radical (unpaired) electrons. The van der Waals surface area contributed by atoms with E-state index >= 15 is 0 Å². The third-order valence-electron chi connectivity index (χ3n) is 3.76. The molecule has 3 N–H and O–H groups in total. The molecule has 2 aromatic rings. The standard InChI is InChI=1S/C18H26N4O3/c1-4-6-7-10-25-14-9-8-13-11-16(20-15(13)12-14)17(23)21-22(3)18(24)19-5-2/h8-9,11-12,20H,4-7,10H2,1-3H3,(H,19,24)(H,21,23). The maximum absolute atomic E-state index is 12.3. The van der Waals surface area contributed by atoms with E-state index in [4.69, 9.17) is 4.74 Å². The number of nitrogens with one attached hydrogen (secondary N) is 3. The zero-order valence-corrected chi connectivity index (χ0v) is 15.0. The van der Waals surface area contributed by atoms with Crippen molar-refractivity contribution in [3.8, 4) is 5.75 Å². The number of carbonyl (C=O) groups is 2. The highest BCUT2D eigenvalue weighted by atomic mass is 16.5. The number of urea groups is 1. The van der Waals surface area contributed by atoms with Gasteiger partial charge in [-0.15, -0.1) is 0 Å². The first-order valence-corrected chi connectivity index (χ1v) is 8.63. The molecule has 0 unspecified atom stereocenters. The summed E-state index contributed by atoms with van der Waals surface area (Å²) < 4.78 is 5.73. The lowest BCUT2D eigenvalue weighted by Gasteiger charge is -2.17. The van der Waals surface area contributed by atoms with E-state index in [9.17, 15) is 9.59 Å². The molecule has 2 rings (SSSR count). The Morgan fingerprint density at radius 3 is 2.72 bits per heavy atom. The van der Waals surface area contributed by atoms with Gasteiger partial charge in [0.25, 0.3) is 5.91 Å². The van der Waals surface area contributed by atoms with Crippen LogP contribution in [0.1, 0.15) is 43.6 Å². The number of hydrogen-bond acceptors (Lipinski definition) is 3. The van der Waals surface area contributed by atoms with E-state index in [0.717, 1.165) is 40.9 Å². The monoisotopic (exact) mass is 346 g/mol. The molecule has 0 saturated carbocycles. The van der Waals surface area contributed by atoms with E-state index in [1.807, 2.05) is 25.1 Å². The summed E-state index contributed by atoms with van der Waals surface area (Å²) in [6, 6.07) is 7.06. The molecular formula is C18H26N4O3. The number of amides is 3. The molecule has 0 fully saturated rings. The van der Waals surface area contributed by atoms with Gasteiger partial charge in [-0.3, -0.25) is 10.2 Å². The minimum atomic E-state index is -0.379. The van der Waals surface area contributed by atoms with Crippen molar-refractivity contribution in [3.05, 3.63) is 30.0 Å². The Balaban J connectivity index is 2.02. The number of unbranched alkanes of at least 4 members (excludes halogenated alkanes) is 2. The molecule has 136 valence electrons. The van der Waals surface area contributed by atoms with Gasteiger partial charge in [0.05, 0.1) is 6.61 Å². The van der Waals surface area contributed by atoms with Crippen LogP contribution in [0.2, 0.25) is 0 Å². The smallest absolute Gasteiger partial charge is 0.335 e. The van der Waals surface area contributed by atoms with Gasteiger partial charge in [-0.25, -0.2) is 9.80 Å². The predicted molar refractivity (Wildman–Crippen MR) is 97.6 cm³/mol. The topological polar surface area (TPSA) is 86.5 Å². The van der Waals surface area contributed by atoms with Gasteiger partial charge in [0.2, 0.25) is 0 Å². The first kappa shape index (κ1) is 18.6. The van der Waals surface area contributed by atoms with Gasteiger partial charge in [-0.2, -0.15) is 0 Å². The Bertz CT molecular complexity index is 726. The van der Waals surface area contributed by atoms with Crippen LogP contribution in [0.4, 0.5) is 4.79 Å². The average Bonchev–Trinajstić information content (AvgIpc) is 3.02. The third kappa shape index (κ3) is 5.14. The van der Waals surface area contributed by atoms with Gasteiger partial charge >= 0.3 is 6.03 Å². The highest BCUT2D eigenvalue weighted by Crippen LogP contribution is 2.22. The third-order valence-corrected chi connectivity index (χ3v) is 3.76. The Labute approximate surface area is 147 Å². The molecule has 7 heteroatoms. The molecular weight excluding hydrogens is 320 g/mol. The highest BCUT2D eigenvalue weighted by Gasteiger charge is 2.14. The molecule has 0 spiro atoms. The van der Waals surface area contributed by atoms with E-state index in [1.165, 1.54) is 7.05 Å². The van der Waals surface area contributed by atoms with Crippen LogP contribution in [0, 0.1) is 0 Å². The van der Waals surface area contributed by atoms with Crippen molar-refractivity contribution in [2.45, 2.75) is 33.1 Å². The first-order chi connectivity index (χ1) is 12.0. The van der Waals surface area contributed by atoms with Crippen molar-refractivity contribution < 1.29 is 14.3 Å². The van der Waals surface area contributed by atoms with Gasteiger partial charge in [-0.05, 0) is 31.5 Å². The number of rotatable bonds is 7. The predicted octanol–water partition coefficient (Wildman–Crippen LogP) is 3.04. The van der Waals surface area contributed by atoms with Crippen LogP contribution in [0.25, 0.3) is 10.9 Å². The van der Waals surface area contributed by atoms with Gasteiger partial charge in [0, 0.05) is 30.6 Å². The largest absolute Gasteiger partial charge is 0.494 e. The fraction of sp³-hybridized carbons (Fsp3) is 0.444. The second kappa shape index (κ2) is 8.96. The van der Waals surface area contributed by atoms with Crippen molar-refractivity contribution in [1.29, 1.82) is 0 Å². The summed E-state index contributed by atoms with van der Waals surface area (Å²) in [6.07, 6.45) is 3.33. The van der Waals surface area contributed by atoms with E-state index in [-0.39, 0.29) is 11.9 Å². The number of hydrazine groups is 1. The molecule has 1 aromatic heterocycles. The van der Waals surface area contributed by atoms with Crippen LogP contribution in [0.3, 0.4) is 0 Å². The number of nitrogens with zero attached hydrogens (tertiary/aromatic N) is 1. The number of benzene rings is 1. The molecule has 0 aliphatic carbocycles. The first-order valence-electron chi connectivity index (χ1n) is 8.63. The van der Waals surface area contributed by atoms with Crippen LogP contribution in [0.5, 0.6) is 5.75 Å². The summed E-state index contributed by atoms with van der Waals surface area (Å²) in [7, 11) is 1.49. The number of hydrogen-bond donors (Lipinski definition) is 3. The van der Waals surface area contributed by atoms with Crippen molar-refractivity contribution in [2.24, 2.45) is 0 Å². The van der Waals surface area contributed by atoms with E-state index < -0.39 is 0 Å². The van der Waals surface area contributed by atoms with Gasteiger partial charge in [0.15, 0.2) is 0 Å². The Kier molecular flexibility index (Phi) is 6.68. The highest BCUT2D eigenvalue weighted by molar-refractivity contribution is 5.98. The SMILES string of the molecule is CCCCCOc1ccc2cc(C(=O)NN(C)C(=O)NCC)[nH]c2c1. The van der Waals surface area contributed by atoms with Gasteiger partial charge in [-0.1, -0.05) is 19.8 Å². The number of aromatic amines is 1. The molecule has 3 amide bonds. The second-order valence-electron chi connectivity index (χ2n) is 5.82. The molecule has 0 atom stereocenters. The van der Waals surface area contributed by atoms with Crippen molar-refractivity contribution in [1.82, 2.24) is 20.7 Å². The lowest BCUT2D eigenvalue weighted by atomic mass is 10.2. The molecule has 7 nitrogen and oxygen atoms in total. The lowest BCUT2D eigenvalue weighted by molar-refractivity contribution is 0.0849. The molecule has 0 aliphatic rings. The molecule has 0 aliphatic heterocycles. The Hall–Kier alpha value is -2.70. The number of carbonyl (C=O) groups excluding carboxylic acids is 2. The maximum atomic E-state index is 12.3. The van der Waals surface area contributed by atoms with Gasteiger partial charge < -0.3 is 15.0 Å². The van der Waals surface area contributed by atoms with Crippen LogP contribution in [-0.2, 0) is 0 Å². The van der Waals surface area contributed by atoms with Crippen LogP contribution in [0.15, 0.2) is 24.3 Å². The molecule has 0 saturated heterocycles. The summed E-state index contributed by atoms with van der Waals surface area (Å²) in [5.74, 6) is 0.396. The fourth-order valence-electron chi connectivity index (χ4n) is 2.39. The van der Waals surface area contributed by atoms with Gasteiger partial charge in [0.1, 0.15) is 11.4 Å². The van der Waals surface area contributed by atoms with E-state index in [0.29, 0.717) is 18.8 Å². The van der Waals surface area contributed by atoms with E-state index in [1.54, 1.807) is 6.07 Å². The minimum Gasteiger partial charge on any atom is -0.494 e. The minimum absolute atomic E-state index is 0.366. The maximum Gasteiger partial charge on any atom is 0.335 e. The number of aromatic nitrogens is 1. The van der Waals surface area contributed by atoms with Crippen LogP contribution >= 0.6 is 0 Å². The zero-order valence-electron chi connectivity index (χ0n) is 15.0.